The van der Waals surface area contributed by atoms with Crippen molar-refractivity contribution in [2.24, 2.45) is 13.0 Å². The Kier molecular flexibility index (Phi) is 5.24. The zero-order valence-electron chi connectivity index (χ0n) is 20.6. The number of aromatic nitrogens is 4. The van der Waals surface area contributed by atoms with Crippen LogP contribution >= 0.6 is 0 Å². The average molecular weight is 470 g/mol. The number of rotatable bonds is 5. The monoisotopic (exact) mass is 469 g/mol. The van der Waals surface area contributed by atoms with Crippen molar-refractivity contribution in [3.8, 4) is 16.9 Å². The van der Waals surface area contributed by atoms with Gasteiger partial charge in [0, 0.05) is 44.1 Å². The van der Waals surface area contributed by atoms with Gasteiger partial charge < -0.3 is 14.8 Å². The minimum absolute atomic E-state index is 0.0151. The van der Waals surface area contributed by atoms with Gasteiger partial charge in [-0.25, -0.2) is 4.68 Å². The largest absolute Gasteiger partial charge is 0.489 e. The lowest BCUT2D eigenvalue weighted by molar-refractivity contribution is -0.119. The summed E-state index contributed by atoms with van der Waals surface area (Å²) in [6.45, 7) is 10.8. The zero-order chi connectivity index (χ0) is 24.4. The molecule has 1 N–H and O–H groups in total. The minimum atomic E-state index is -0.452. The minimum Gasteiger partial charge on any atom is -0.489 e. The van der Waals surface area contributed by atoms with E-state index in [0.717, 1.165) is 17.5 Å². The van der Waals surface area contributed by atoms with Crippen LogP contribution in [0.1, 0.15) is 53.5 Å². The summed E-state index contributed by atoms with van der Waals surface area (Å²) < 4.78 is 30.6. The summed E-state index contributed by atoms with van der Waals surface area (Å²) in [4.78, 5) is 11.7. The molecule has 5 rings (SSSR count). The van der Waals surface area contributed by atoms with Gasteiger partial charge in [0.05, 0.1) is 34.3 Å². The molecule has 2 aliphatic rings. The van der Waals surface area contributed by atoms with Gasteiger partial charge in [-0.3, -0.25) is 9.48 Å². The van der Waals surface area contributed by atoms with E-state index < -0.39 is 5.95 Å². The first-order chi connectivity index (χ1) is 15.9. The molecule has 0 bridgehead atoms. The molecular formula is C25H32FN5O3. The Balaban J connectivity index is 1.51. The van der Waals surface area contributed by atoms with E-state index in [-0.39, 0.29) is 35.2 Å². The van der Waals surface area contributed by atoms with Crippen LogP contribution in [-0.4, -0.2) is 49.3 Å². The molecular weight excluding hydrogens is 437 g/mol. The van der Waals surface area contributed by atoms with Crippen LogP contribution in [0.5, 0.6) is 5.75 Å². The van der Waals surface area contributed by atoms with Crippen molar-refractivity contribution in [3.63, 3.8) is 0 Å². The Labute approximate surface area is 198 Å². The molecule has 0 aliphatic carbocycles. The number of hydrogen-bond acceptors (Lipinski definition) is 5. The quantitative estimate of drug-likeness (QED) is 0.611. The summed E-state index contributed by atoms with van der Waals surface area (Å²) in [6, 6.07) is 3.79. The molecule has 2 aromatic heterocycles. The molecule has 9 heteroatoms. The summed E-state index contributed by atoms with van der Waals surface area (Å²) in [7, 11) is 1.57. The molecule has 1 amide bonds. The molecule has 0 spiro atoms. The van der Waals surface area contributed by atoms with Gasteiger partial charge >= 0.3 is 0 Å². The Morgan fingerprint density at radius 2 is 2.03 bits per heavy atom. The molecule has 182 valence electrons. The van der Waals surface area contributed by atoms with Crippen LogP contribution in [0.25, 0.3) is 22.0 Å². The highest BCUT2D eigenvalue weighted by Gasteiger charge is 2.47. The van der Waals surface area contributed by atoms with Crippen molar-refractivity contribution >= 4 is 16.8 Å². The topological polar surface area (TPSA) is 83.2 Å². The van der Waals surface area contributed by atoms with Crippen LogP contribution in [0.2, 0.25) is 0 Å². The highest BCUT2D eigenvalue weighted by atomic mass is 19.1. The summed E-state index contributed by atoms with van der Waals surface area (Å²) in [5.41, 5.74) is 1.67. The highest BCUT2D eigenvalue weighted by molar-refractivity contribution is 5.90. The van der Waals surface area contributed by atoms with Crippen molar-refractivity contribution in [2.75, 3.05) is 6.54 Å². The third kappa shape index (κ3) is 3.96. The Bertz CT molecular complexity index is 1260. The predicted octanol–water partition coefficient (Wildman–Crippen LogP) is 4.00. The molecule has 3 aromatic rings. The number of nitrogens with zero attached hydrogens (tertiary/aromatic N) is 4. The molecule has 0 saturated carbocycles. The SMILES string of the molecule is CC(Oc1cc(-c2cnn(C3CC(C)(C)OC3(C)C)c2)cc2nn(C)c(F)c12)C1CNC(=O)C1. The molecule has 3 atom stereocenters. The first kappa shape index (κ1) is 22.8. The van der Waals surface area contributed by atoms with Crippen molar-refractivity contribution in [1.29, 1.82) is 0 Å². The predicted molar refractivity (Wildman–Crippen MR) is 126 cm³/mol. The number of halogens is 1. The molecule has 2 saturated heterocycles. The zero-order valence-corrected chi connectivity index (χ0v) is 20.6. The standard InChI is InChI=1S/C25H32FN5O3/c1-14(16-9-21(32)27-11-16)33-19-8-15(7-18-22(19)23(26)30(6)29-18)17-12-28-31(13-17)20-10-24(2,3)34-25(20,4)5/h7-8,12-14,16,20H,9-11H2,1-6H3,(H,27,32). The van der Waals surface area contributed by atoms with Crippen LogP contribution in [-0.2, 0) is 16.6 Å². The van der Waals surface area contributed by atoms with Crippen LogP contribution in [0.15, 0.2) is 24.5 Å². The molecule has 0 radical (unpaired) electrons. The third-order valence-corrected chi connectivity index (χ3v) is 7.10. The van der Waals surface area contributed by atoms with Gasteiger partial charge in [0.2, 0.25) is 11.9 Å². The number of benzene rings is 1. The number of ether oxygens (including phenoxy) is 2. The smallest absolute Gasteiger partial charge is 0.222 e. The lowest BCUT2D eigenvalue weighted by Crippen LogP contribution is -2.31. The van der Waals surface area contributed by atoms with Crippen molar-refractivity contribution in [2.45, 2.75) is 70.8 Å². The number of nitrogens with one attached hydrogen (secondary N) is 1. The van der Waals surface area contributed by atoms with Gasteiger partial charge in [0.25, 0.3) is 0 Å². The first-order valence-electron chi connectivity index (χ1n) is 11.8. The van der Waals surface area contributed by atoms with E-state index in [9.17, 15) is 9.18 Å². The van der Waals surface area contributed by atoms with Crippen LogP contribution < -0.4 is 10.1 Å². The van der Waals surface area contributed by atoms with Gasteiger partial charge in [0.1, 0.15) is 11.9 Å². The lowest BCUT2D eigenvalue weighted by Gasteiger charge is -2.27. The lowest BCUT2D eigenvalue weighted by atomic mass is 9.94. The maximum atomic E-state index is 14.9. The van der Waals surface area contributed by atoms with Crippen molar-refractivity contribution in [3.05, 3.63) is 30.5 Å². The molecule has 2 aliphatic heterocycles. The average Bonchev–Trinajstić information content (AvgIpc) is 3.48. The summed E-state index contributed by atoms with van der Waals surface area (Å²) in [5.74, 6) is 0.0125. The van der Waals surface area contributed by atoms with Crippen LogP contribution in [0, 0.1) is 11.9 Å². The van der Waals surface area contributed by atoms with E-state index >= 15 is 0 Å². The maximum absolute atomic E-state index is 14.9. The second kappa shape index (κ2) is 7.80. The fraction of sp³-hybridized carbons (Fsp3) is 0.560. The Hall–Kier alpha value is -2.94. The fourth-order valence-electron chi connectivity index (χ4n) is 5.37. The highest BCUT2D eigenvalue weighted by Crippen LogP contribution is 2.45. The molecule has 34 heavy (non-hydrogen) atoms. The Morgan fingerprint density at radius 3 is 2.68 bits per heavy atom. The number of hydrogen-bond donors (Lipinski definition) is 1. The van der Waals surface area contributed by atoms with E-state index in [4.69, 9.17) is 9.47 Å². The van der Waals surface area contributed by atoms with E-state index in [1.807, 2.05) is 36.1 Å². The van der Waals surface area contributed by atoms with Gasteiger partial charge in [-0.05, 0) is 52.3 Å². The van der Waals surface area contributed by atoms with E-state index in [1.165, 1.54) is 4.68 Å². The number of carbonyl (C=O) groups is 1. The van der Waals surface area contributed by atoms with E-state index in [1.54, 1.807) is 7.05 Å². The maximum Gasteiger partial charge on any atom is 0.222 e. The molecule has 1 aromatic carbocycles. The van der Waals surface area contributed by atoms with Crippen molar-refractivity contribution in [1.82, 2.24) is 24.9 Å². The number of aryl methyl sites for hydroxylation is 1. The summed E-state index contributed by atoms with van der Waals surface area (Å²) in [6.07, 6.45) is 4.81. The van der Waals surface area contributed by atoms with Gasteiger partial charge in [-0.2, -0.15) is 14.6 Å². The van der Waals surface area contributed by atoms with E-state index in [0.29, 0.717) is 29.6 Å². The van der Waals surface area contributed by atoms with Gasteiger partial charge in [-0.15, -0.1) is 0 Å². The number of carbonyl (C=O) groups excluding carboxylic acids is 1. The van der Waals surface area contributed by atoms with Crippen LogP contribution in [0.3, 0.4) is 0 Å². The molecule has 8 nitrogen and oxygen atoms in total. The first-order valence-corrected chi connectivity index (χ1v) is 11.8. The number of amides is 1. The van der Waals surface area contributed by atoms with Crippen LogP contribution in [0.4, 0.5) is 4.39 Å². The fourth-order valence-corrected chi connectivity index (χ4v) is 5.37. The Morgan fingerprint density at radius 1 is 1.26 bits per heavy atom. The normalized spacial score (nSPS) is 24.5. The summed E-state index contributed by atoms with van der Waals surface area (Å²) >= 11 is 0. The molecule has 2 fully saturated rings. The van der Waals surface area contributed by atoms with Gasteiger partial charge in [-0.1, -0.05) is 0 Å². The third-order valence-electron chi connectivity index (χ3n) is 7.10. The second-order valence-corrected chi connectivity index (χ2v) is 10.8. The second-order valence-electron chi connectivity index (χ2n) is 10.8. The van der Waals surface area contributed by atoms with Gasteiger partial charge in [0.15, 0.2) is 0 Å². The molecule has 4 heterocycles. The summed E-state index contributed by atoms with van der Waals surface area (Å²) in [5, 5.41) is 12.2. The molecule has 3 unspecified atom stereocenters. The van der Waals surface area contributed by atoms with Crippen molar-refractivity contribution < 1.29 is 18.7 Å². The van der Waals surface area contributed by atoms with E-state index in [2.05, 4.69) is 43.2 Å². The number of fused-ring (bicyclic) bond motifs is 1.